The van der Waals surface area contributed by atoms with Crippen LogP contribution >= 0.6 is 11.6 Å². The zero-order chi connectivity index (χ0) is 32.5. The van der Waals surface area contributed by atoms with Crippen LogP contribution in [-0.4, -0.2) is 48.8 Å². The van der Waals surface area contributed by atoms with Gasteiger partial charge >= 0.3 is 12.1 Å². The number of carboxylic acid groups (broad SMARTS) is 1. The molecular formula is C35H44ClNO7. The summed E-state index contributed by atoms with van der Waals surface area (Å²) in [4.78, 5) is 31.9. The van der Waals surface area contributed by atoms with E-state index in [1.165, 1.54) is 5.56 Å². The van der Waals surface area contributed by atoms with Gasteiger partial charge in [0.1, 0.15) is 12.4 Å². The summed E-state index contributed by atoms with van der Waals surface area (Å²) < 4.78 is 15.9. The van der Waals surface area contributed by atoms with Crippen LogP contribution in [0.15, 0.2) is 78.9 Å². The number of hydrogen-bond donors (Lipinski definition) is 2. The summed E-state index contributed by atoms with van der Waals surface area (Å²) in [5.41, 5.74) is 4.08. The molecular weight excluding hydrogens is 582 g/mol. The largest absolute Gasteiger partial charge is 0.496 e. The van der Waals surface area contributed by atoms with E-state index in [0.717, 1.165) is 28.9 Å². The van der Waals surface area contributed by atoms with Gasteiger partial charge < -0.3 is 24.6 Å². The second kappa shape index (κ2) is 18.7. The molecule has 238 valence electrons. The SMILES string of the molecule is CC(C)(C)C(=O)Cl.COc1ccc([C@H](CCC(=O)O)COCc2ccccc2)cc1C.O=C1N[C@@H](Cc2ccccc2)CO1. The maximum absolute atomic E-state index is 10.9. The van der Waals surface area contributed by atoms with Crippen LogP contribution in [0.4, 0.5) is 4.79 Å². The third-order valence-electron chi connectivity index (χ3n) is 6.68. The molecule has 1 aliphatic heterocycles. The van der Waals surface area contributed by atoms with Crippen LogP contribution in [0.25, 0.3) is 0 Å². The number of nitrogens with one attached hydrogen (secondary N) is 1. The fraction of sp³-hybridized carbons (Fsp3) is 0.400. The van der Waals surface area contributed by atoms with Crippen LogP contribution in [0.5, 0.6) is 5.75 Å². The molecule has 0 spiro atoms. The number of rotatable bonds is 11. The molecule has 0 unspecified atom stereocenters. The monoisotopic (exact) mass is 625 g/mol. The van der Waals surface area contributed by atoms with Crippen molar-refractivity contribution in [2.75, 3.05) is 20.3 Å². The number of benzene rings is 3. The summed E-state index contributed by atoms with van der Waals surface area (Å²) in [6.07, 6.45) is 1.22. The van der Waals surface area contributed by atoms with E-state index < -0.39 is 5.97 Å². The second-order valence-electron chi connectivity index (χ2n) is 11.5. The van der Waals surface area contributed by atoms with Crippen molar-refractivity contribution < 1.29 is 33.7 Å². The molecule has 9 heteroatoms. The summed E-state index contributed by atoms with van der Waals surface area (Å²) in [7, 11) is 1.65. The molecule has 0 aliphatic carbocycles. The Kier molecular flexibility index (Phi) is 15.4. The molecule has 2 atom stereocenters. The predicted molar refractivity (Wildman–Crippen MR) is 172 cm³/mol. The highest BCUT2D eigenvalue weighted by Crippen LogP contribution is 2.27. The standard InChI is InChI=1S/C20H24O4.C10H11NO2.C5H9ClO/c1-15-12-17(8-10-19(15)23-2)18(9-11-20(21)22)14-24-13-16-6-4-3-5-7-16;12-10-11-9(7-13-10)6-8-4-2-1-3-5-8;1-5(2,3)4(6)7/h3-8,10,12,18H,9,11,13-14H2,1-2H3,(H,21,22);1-5,9H,6-7H2,(H,11,12);1-3H3/t18-;9-;/m10./s1. The fourth-order valence-corrected chi connectivity index (χ4v) is 4.13. The molecule has 0 saturated carbocycles. The third kappa shape index (κ3) is 14.1. The van der Waals surface area contributed by atoms with Gasteiger partial charge in [-0.2, -0.15) is 0 Å². The van der Waals surface area contributed by atoms with Crippen molar-refractivity contribution in [2.45, 2.75) is 65.5 Å². The average Bonchev–Trinajstić information content (AvgIpc) is 3.40. The molecule has 1 aliphatic rings. The normalized spacial score (nSPS) is 14.5. The number of halogens is 1. The van der Waals surface area contributed by atoms with Crippen molar-refractivity contribution in [1.82, 2.24) is 5.32 Å². The van der Waals surface area contributed by atoms with Crippen molar-refractivity contribution in [2.24, 2.45) is 5.41 Å². The fourth-order valence-electron chi connectivity index (χ4n) is 4.13. The van der Waals surface area contributed by atoms with E-state index in [1.807, 2.05) is 79.7 Å². The number of aliphatic carboxylic acids is 1. The van der Waals surface area contributed by atoms with Gasteiger partial charge in [-0.1, -0.05) is 93.6 Å². The highest BCUT2D eigenvalue weighted by atomic mass is 35.5. The van der Waals surface area contributed by atoms with Crippen LogP contribution in [0.1, 0.15) is 61.8 Å². The summed E-state index contributed by atoms with van der Waals surface area (Å²) in [5, 5.41) is 11.4. The number of carboxylic acids is 1. The molecule has 2 N–H and O–H groups in total. The Morgan fingerprint density at radius 2 is 1.61 bits per heavy atom. The minimum Gasteiger partial charge on any atom is -0.496 e. The quantitative estimate of drug-likeness (QED) is 0.215. The molecule has 1 amide bonds. The van der Waals surface area contributed by atoms with E-state index in [1.54, 1.807) is 27.9 Å². The molecule has 44 heavy (non-hydrogen) atoms. The van der Waals surface area contributed by atoms with Crippen LogP contribution in [0.3, 0.4) is 0 Å². The third-order valence-corrected chi connectivity index (χ3v) is 7.25. The molecule has 0 radical (unpaired) electrons. The Labute approximate surface area is 265 Å². The molecule has 8 nitrogen and oxygen atoms in total. The van der Waals surface area contributed by atoms with Gasteiger partial charge in [0.25, 0.3) is 0 Å². The summed E-state index contributed by atoms with van der Waals surface area (Å²) in [6, 6.07) is 26.1. The van der Waals surface area contributed by atoms with Gasteiger partial charge in [0.2, 0.25) is 5.24 Å². The first-order valence-electron chi connectivity index (χ1n) is 14.5. The minimum atomic E-state index is -0.784. The van der Waals surface area contributed by atoms with Gasteiger partial charge in [-0.3, -0.25) is 9.59 Å². The topological polar surface area (TPSA) is 111 Å². The average molecular weight is 626 g/mol. The summed E-state index contributed by atoms with van der Waals surface area (Å²) >= 11 is 5.11. The number of cyclic esters (lactones) is 1. The van der Waals surface area contributed by atoms with E-state index in [-0.39, 0.29) is 35.1 Å². The van der Waals surface area contributed by atoms with Crippen molar-refractivity contribution in [3.8, 4) is 5.75 Å². The van der Waals surface area contributed by atoms with Crippen molar-refractivity contribution in [3.05, 3.63) is 101 Å². The van der Waals surface area contributed by atoms with Gasteiger partial charge in [-0.15, -0.1) is 0 Å². The van der Waals surface area contributed by atoms with E-state index in [0.29, 0.717) is 26.2 Å². The summed E-state index contributed by atoms with van der Waals surface area (Å²) in [5.74, 6) is 0.101. The molecule has 1 fully saturated rings. The molecule has 3 aromatic carbocycles. The number of carbonyl (C=O) groups is 3. The molecule has 3 aromatic rings. The maximum atomic E-state index is 10.9. The summed E-state index contributed by atoms with van der Waals surface area (Å²) in [6.45, 7) is 8.83. The first-order chi connectivity index (χ1) is 20.9. The van der Waals surface area contributed by atoms with Gasteiger partial charge in [0.05, 0.1) is 26.4 Å². The Bertz CT molecular complexity index is 1310. The van der Waals surface area contributed by atoms with Crippen molar-refractivity contribution >= 4 is 28.9 Å². The van der Waals surface area contributed by atoms with Gasteiger partial charge in [0, 0.05) is 17.8 Å². The Hall–Kier alpha value is -3.88. The molecule has 1 saturated heterocycles. The highest BCUT2D eigenvalue weighted by Gasteiger charge is 2.22. The van der Waals surface area contributed by atoms with Crippen molar-refractivity contribution in [3.63, 3.8) is 0 Å². The second-order valence-corrected chi connectivity index (χ2v) is 11.9. The molecule has 0 bridgehead atoms. The first-order valence-corrected chi connectivity index (χ1v) is 14.9. The Morgan fingerprint density at radius 3 is 2.09 bits per heavy atom. The zero-order valence-corrected chi connectivity index (χ0v) is 26.9. The Balaban J connectivity index is 0.000000280. The number of alkyl carbamates (subject to hydrolysis) is 1. The molecule has 1 heterocycles. The van der Waals surface area contributed by atoms with Crippen LogP contribution in [-0.2, 0) is 32.1 Å². The van der Waals surface area contributed by atoms with Crippen LogP contribution < -0.4 is 10.1 Å². The lowest BCUT2D eigenvalue weighted by atomic mass is 9.93. The van der Waals surface area contributed by atoms with E-state index >= 15 is 0 Å². The molecule has 4 rings (SSSR count). The van der Waals surface area contributed by atoms with E-state index in [4.69, 9.17) is 30.9 Å². The van der Waals surface area contributed by atoms with Gasteiger partial charge in [-0.05, 0) is 59.7 Å². The number of amides is 1. The van der Waals surface area contributed by atoms with E-state index in [2.05, 4.69) is 11.4 Å². The Morgan fingerprint density at radius 1 is 1.02 bits per heavy atom. The van der Waals surface area contributed by atoms with Crippen LogP contribution in [0, 0.1) is 12.3 Å². The van der Waals surface area contributed by atoms with Gasteiger partial charge in [0.15, 0.2) is 0 Å². The lowest BCUT2D eigenvalue weighted by Crippen LogP contribution is -2.28. The van der Waals surface area contributed by atoms with Crippen molar-refractivity contribution in [1.29, 1.82) is 0 Å². The predicted octanol–water partition coefficient (Wildman–Crippen LogP) is 7.30. The number of aryl methyl sites for hydroxylation is 1. The zero-order valence-electron chi connectivity index (χ0n) is 26.2. The minimum absolute atomic E-state index is 0.0504. The number of methoxy groups -OCH3 is 1. The molecule has 0 aromatic heterocycles. The van der Waals surface area contributed by atoms with Crippen LogP contribution in [0.2, 0.25) is 0 Å². The number of carbonyl (C=O) groups excluding carboxylic acids is 2. The van der Waals surface area contributed by atoms with E-state index in [9.17, 15) is 14.4 Å². The highest BCUT2D eigenvalue weighted by molar-refractivity contribution is 6.64. The lowest BCUT2D eigenvalue weighted by Gasteiger charge is -2.18. The first kappa shape index (κ1) is 36.3. The maximum Gasteiger partial charge on any atom is 0.407 e. The smallest absolute Gasteiger partial charge is 0.407 e. The number of hydrogen-bond acceptors (Lipinski definition) is 6. The number of ether oxygens (including phenoxy) is 3. The van der Waals surface area contributed by atoms with Gasteiger partial charge in [-0.25, -0.2) is 4.79 Å². The lowest BCUT2D eigenvalue weighted by molar-refractivity contribution is -0.137.